The lowest BCUT2D eigenvalue weighted by atomic mass is 9.87. The summed E-state index contributed by atoms with van der Waals surface area (Å²) < 4.78 is 0. The van der Waals surface area contributed by atoms with Gasteiger partial charge in [-0.1, -0.05) is 12.2 Å². The number of nitrogens with one attached hydrogen (secondary N) is 1. The zero-order valence-corrected chi connectivity index (χ0v) is 6.79. The summed E-state index contributed by atoms with van der Waals surface area (Å²) in [7, 11) is 0. The van der Waals surface area contributed by atoms with E-state index in [4.69, 9.17) is 5.73 Å². The average molecular weight is 152 g/mol. The van der Waals surface area contributed by atoms with Crippen molar-refractivity contribution in [2.75, 3.05) is 0 Å². The Bertz CT molecular complexity index is 151. The van der Waals surface area contributed by atoms with Crippen LogP contribution in [0.2, 0.25) is 0 Å². The molecule has 0 heterocycles. The second kappa shape index (κ2) is 2.95. The van der Waals surface area contributed by atoms with Crippen LogP contribution in [0.25, 0.3) is 0 Å². The second-order valence-electron chi connectivity index (χ2n) is 3.73. The molecule has 3 N–H and O–H groups in total. The van der Waals surface area contributed by atoms with Gasteiger partial charge in [-0.25, -0.2) is 0 Å². The van der Waals surface area contributed by atoms with E-state index < -0.39 is 0 Å². The SMILES string of the molecule is NC1CC(NC2CC=CC2)C1. The molecule has 0 aliphatic heterocycles. The fraction of sp³-hybridized carbons (Fsp3) is 0.778. The summed E-state index contributed by atoms with van der Waals surface area (Å²) >= 11 is 0. The molecule has 0 aromatic heterocycles. The fourth-order valence-corrected chi connectivity index (χ4v) is 1.88. The van der Waals surface area contributed by atoms with Gasteiger partial charge in [0.15, 0.2) is 0 Å². The predicted octanol–water partition coefficient (Wildman–Crippen LogP) is 0.784. The van der Waals surface area contributed by atoms with Gasteiger partial charge in [-0.05, 0) is 25.7 Å². The van der Waals surface area contributed by atoms with Crippen LogP contribution in [0.1, 0.15) is 25.7 Å². The summed E-state index contributed by atoms with van der Waals surface area (Å²) in [4.78, 5) is 0. The minimum absolute atomic E-state index is 0.474. The summed E-state index contributed by atoms with van der Waals surface area (Å²) in [5.41, 5.74) is 5.69. The predicted molar refractivity (Wildman–Crippen MR) is 46.3 cm³/mol. The van der Waals surface area contributed by atoms with Crippen LogP contribution in [0.4, 0.5) is 0 Å². The molecule has 0 atom stereocenters. The van der Waals surface area contributed by atoms with Crippen molar-refractivity contribution in [3.05, 3.63) is 12.2 Å². The first kappa shape index (κ1) is 7.32. The van der Waals surface area contributed by atoms with Crippen LogP contribution in [0.15, 0.2) is 12.2 Å². The van der Waals surface area contributed by atoms with Crippen LogP contribution in [0, 0.1) is 0 Å². The summed E-state index contributed by atoms with van der Waals surface area (Å²) in [5, 5.41) is 3.60. The minimum Gasteiger partial charge on any atom is -0.328 e. The molecule has 1 fully saturated rings. The molecule has 0 spiro atoms. The third-order valence-electron chi connectivity index (χ3n) is 2.65. The highest BCUT2D eigenvalue weighted by atomic mass is 15.0. The number of nitrogens with two attached hydrogens (primary N) is 1. The van der Waals surface area contributed by atoms with E-state index in [1.807, 2.05) is 0 Å². The zero-order chi connectivity index (χ0) is 7.68. The van der Waals surface area contributed by atoms with E-state index in [0.717, 1.165) is 6.04 Å². The van der Waals surface area contributed by atoms with Crippen molar-refractivity contribution in [3.8, 4) is 0 Å². The summed E-state index contributed by atoms with van der Waals surface area (Å²) in [6.07, 6.45) is 9.30. The second-order valence-corrected chi connectivity index (χ2v) is 3.73. The first-order valence-corrected chi connectivity index (χ1v) is 4.51. The van der Waals surface area contributed by atoms with Crippen molar-refractivity contribution in [1.29, 1.82) is 0 Å². The van der Waals surface area contributed by atoms with Gasteiger partial charge in [-0.15, -0.1) is 0 Å². The van der Waals surface area contributed by atoms with Gasteiger partial charge in [0.2, 0.25) is 0 Å². The molecule has 0 amide bonds. The lowest BCUT2D eigenvalue weighted by Gasteiger charge is -2.35. The van der Waals surface area contributed by atoms with E-state index in [-0.39, 0.29) is 0 Å². The molecule has 62 valence electrons. The Balaban J connectivity index is 1.67. The molecule has 2 aliphatic rings. The third kappa shape index (κ3) is 1.63. The molecule has 0 bridgehead atoms. The molecule has 0 unspecified atom stereocenters. The monoisotopic (exact) mass is 152 g/mol. The van der Waals surface area contributed by atoms with Crippen molar-refractivity contribution in [2.24, 2.45) is 5.73 Å². The number of hydrogen-bond donors (Lipinski definition) is 2. The number of hydrogen-bond acceptors (Lipinski definition) is 2. The van der Waals surface area contributed by atoms with Crippen LogP contribution in [0.5, 0.6) is 0 Å². The average Bonchev–Trinajstić information content (AvgIpc) is 2.36. The van der Waals surface area contributed by atoms with Crippen molar-refractivity contribution >= 4 is 0 Å². The van der Waals surface area contributed by atoms with Gasteiger partial charge < -0.3 is 11.1 Å². The van der Waals surface area contributed by atoms with Crippen molar-refractivity contribution in [1.82, 2.24) is 5.32 Å². The highest BCUT2D eigenvalue weighted by molar-refractivity contribution is 5.00. The Hall–Kier alpha value is -0.340. The van der Waals surface area contributed by atoms with Gasteiger partial charge in [0, 0.05) is 18.1 Å². The van der Waals surface area contributed by atoms with Crippen LogP contribution in [0.3, 0.4) is 0 Å². The summed E-state index contributed by atoms with van der Waals surface area (Å²) in [6, 6.07) is 1.91. The highest BCUT2D eigenvalue weighted by Gasteiger charge is 2.27. The van der Waals surface area contributed by atoms with E-state index in [2.05, 4.69) is 17.5 Å². The molecule has 0 radical (unpaired) electrons. The van der Waals surface area contributed by atoms with Gasteiger partial charge in [0.1, 0.15) is 0 Å². The minimum atomic E-state index is 0.474. The molecular formula is C9H16N2. The molecule has 0 saturated heterocycles. The maximum atomic E-state index is 5.69. The van der Waals surface area contributed by atoms with Crippen LogP contribution in [-0.2, 0) is 0 Å². The fourth-order valence-electron chi connectivity index (χ4n) is 1.88. The van der Waals surface area contributed by atoms with Crippen LogP contribution >= 0.6 is 0 Å². The van der Waals surface area contributed by atoms with E-state index in [0.29, 0.717) is 12.1 Å². The molecule has 1 saturated carbocycles. The zero-order valence-electron chi connectivity index (χ0n) is 6.79. The van der Waals surface area contributed by atoms with Gasteiger partial charge in [0.25, 0.3) is 0 Å². The summed E-state index contributed by atoms with van der Waals surface area (Å²) in [5.74, 6) is 0. The van der Waals surface area contributed by atoms with E-state index in [1.54, 1.807) is 0 Å². The third-order valence-corrected chi connectivity index (χ3v) is 2.65. The van der Waals surface area contributed by atoms with E-state index in [9.17, 15) is 0 Å². The molecular weight excluding hydrogens is 136 g/mol. The van der Waals surface area contributed by atoms with Gasteiger partial charge in [0.05, 0.1) is 0 Å². The highest BCUT2D eigenvalue weighted by Crippen LogP contribution is 2.20. The van der Waals surface area contributed by atoms with Gasteiger partial charge >= 0.3 is 0 Å². The van der Waals surface area contributed by atoms with E-state index in [1.165, 1.54) is 25.7 Å². The standard InChI is InChI=1S/C9H16N2/c10-7-5-9(6-7)11-8-3-1-2-4-8/h1-2,7-9,11H,3-6,10H2. The van der Waals surface area contributed by atoms with Crippen molar-refractivity contribution in [2.45, 2.75) is 43.8 Å². The number of rotatable bonds is 2. The largest absolute Gasteiger partial charge is 0.328 e. The Morgan fingerprint density at radius 3 is 2.27 bits per heavy atom. The Morgan fingerprint density at radius 2 is 1.73 bits per heavy atom. The molecule has 2 heteroatoms. The van der Waals surface area contributed by atoms with E-state index >= 15 is 0 Å². The summed E-state index contributed by atoms with van der Waals surface area (Å²) in [6.45, 7) is 0. The molecule has 0 aromatic rings. The first-order chi connectivity index (χ1) is 5.34. The Kier molecular flexibility index (Phi) is 1.96. The lowest BCUT2D eigenvalue weighted by Crippen LogP contribution is -2.51. The normalized spacial score (nSPS) is 37.5. The molecule has 2 rings (SSSR count). The maximum Gasteiger partial charge on any atom is 0.0139 e. The van der Waals surface area contributed by atoms with Gasteiger partial charge in [-0.2, -0.15) is 0 Å². The van der Waals surface area contributed by atoms with Gasteiger partial charge in [-0.3, -0.25) is 0 Å². The van der Waals surface area contributed by atoms with Crippen molar-refractivity contribution < 1.29 is 0 Å². The quantitative estimate of drug-likeness (QED) is 0.574. The molecule has 0 aromatic carbocycles. The Labute approximate surface area is 67.8 Å². The Morgan fingerprint density at radius 1 is 1.09 bits per heavy atom. The molecule has 2 aliphatic carbocycles. The van der Waals surface area contributed by atoms with Crippen molar-refractivity contribution in [3.63, 3.8) is 0 Å². The topological polar surface area (TPSA) is 38.0 Å². The smallest absolute Gasteiger partial charge is 0.0139 e. The molecule has 11 heavy (non-hydrogen) atoms. The van der Waals surface area contributed by atoms with Crippen LogP contribution in [-0.4, -0.2) is 18.1 Å². The maximum absolute atomic E-state index is 5.69. The molecule has 2 nitrogen and oxygen atoms in total. The lowest BCUT2D eigenvalue weighted by molar-refractivity contribution is 0.269. The first-order valence-electron chi connectivity index (χ1n) is 4.51. The van der Waals surface area contributed by atoms with Crippen LogP contribution < -0.4 is 11.1 Å².